The Balaban J connectivity index is 1.93. The summed E-state index contributed by atoms with van der Waals surface area (Å²) in [4.78, 5) is 24.0. The van der Waals surface area contributed by atoms with Crippen LogP contribution < -0.4 is 11.1 Å². The number of hydrogen-bond donors (Lipinski definition) is 3. The summed E-state index contributed by atoms with van der Waals surface area (Å²) in [6.07, 6.45) is 1.49. The van der Waals surface area contributed by atoms with Gasteiger partial charge in [0.05, 0.1) is 23.8 Å². The Morgan fingerprint density at radius 1 is 1.30 bits per heavy atom. The number of nitrogens with one attached hydrogen (secondary N) is 1. The van der Waals surface area contributed by atoms with Crippen molar-refractivity contribution in [1.82, 2.24) is 19.9 Å². The molecule has 0 aliphatic carbocycles. The minimum Gasteiger partial charge on any atom is -0.478 e. The lowest BCUT2D eigenvalue weighted by Crippen LogP contribution is -2.50. The number of ether oxygens (including phenoxy) is 1. The van der Waals surface area contributed by atoms with Crippen molar-refractivity contribution in [2.45, 2.75) is 32.0 Å². The Hall–Kier alpha value is -3.01. The predicted octanol–water partition coefficient (Wildman–Crippen LogP) is 2.19. The van der Waals surface area contributed by atoms with E-state index in [0.717, 1.165) is 5.56 Å². The smallest absolute Gasteiger partial charge is 0.339 e. The molecule has 0 saturated carbocycles. The van der Waals surface area contributed by atoms with Gasteiger partial charge in [0, 0.05) is 6.20 Å². The largest absolute Gasteiger partial charge is 0.478 e. The van der Waals surface area contributed by atoms with Crippen LogP contribution >= 0.6 is 11.6 Å². The van der Waals surface area contributed by atoms with Gasteiger partial charge in [-0.25, -0.2) is 4.79 Å². The first kappa shape index (κ1) is 21.7. The van der Waals surface area contributed by atoms with Crippen molar-refractivity contribution in [3.05, 3.63) is 64.6 Å². The third-order valence-corrected chi connectivity index (χ3v) is 4.53. The van der Waals surface area contributed by atoms with E-state index in [9.17, 15) is 14.7 Å². The number of rotatable bonds is 8. The van der Waals surface area contributed by atoms with Gasteiger partial charge in [-0.1, -0.05) is 41.9 Å². The van der Waals surface area contributed by atoms with Gasteiger partial charge in [0.1, 0.15) is 11.6 Å². The first-order valence-electron chi connectivity index (χ1n) is 9.16. The molecule has 0 spiro atoms. The molecule has 0 saturated heterocycles. The van der Waals surface area contributed by atoms with Gasteiger partial charge in [-0.3, -0.25) is 9.20 Å². The van der Waals surface area contributed by atoms with Gasteiger partial charge in [0.2, 0.25) is 5.91 Å². The zero-order valence-corrected chi connectivity index (χ0v) is 17.3. The van der Waals surface area contributed by atoms with Crippen molar-refractivity contribution < 1.29 is 19.4 Å². The number of fused-ring (bicyclic) bond motifs is 1. The highest BCUT2D eigenvalue weighted by Gasteiger charge is 2.29. The average molecular weight is 432 g/mol. The molecule has 1 aromatic carbocycles. The molecule has 1 amide bonds. The fraction of sp³-hybridized carbons (Fsp3) is 0.300. The van der Waals surface area contributed by atoms with E-state index in [1.165, 1.54) is 16.7 Å². The Labute approximate surface area is 177 Å². The maximum absolute atomic E-state index is 12.5. The van der Waals surface area contributed by atoms with Gasteiger partial charge < -0.3 is 20.9 Å². The molecule has 2 aromatic heterocycles. The monoisotopic (exact) mass is 431 g/mol. The number of pyridine rings is 1. The van der Waals surface area contributed by atoms with Gasteiger partial charge in [0.15, 0.2) is 11.5 Å². The van der Waals surface area contributed by atoms with E-state index in [0.29, 0.717) is 6.61 Å². The maximum Gasteiger partial charge on any atom is 0.339 e. The zero-order valence-electron chi connectivity index (χ0n) is 16.5. The van der Waals surface area contributed by atoms with Gasteiger partial charge in [0.25, 0.3) is 0 Å². The molecule has 1 atom stereocenters. The number of aromatic nitrogens is 3. The average Bonchev–Trinajstić information content (AvgIpc) is 3.10. The van der Waals surface area contributed by atoms with E-state index in [-0.39, 0.29) is 28.7 Å². The molecule has 3 rings (SSSR count). The van der Waals surface area contributed by atoms with Crippen molar-refractivity contribution in [3.63, 3.8) is 0 Å². The summed E-state index contributed by atoms with van der Waals surface area (Å²) < 4.78 is 7.23. The van der Waals surface area contributed by atoms with Gasteiger partial charge >= 0.3 is 5.97 Å². The molecule has 30 heavy (non-hydrogen) atoms. The Morgan fingerprint density at radius 3 is 2.63 bits per heavy atom. The molecule has 10 heteroatoms. The molecule has 0 aliphatic heterocycles. The van der Waals surface area contributed by atoms with Crippen LogP contribution in [0.4, 0.5) is 0 Å². The molecule has 0 unspecified atom stereocenters. The number of halogens is 1. The number of carboxylic acids is 1. The van der Waals surface area contributed by atoms with E-state index in [1.807, 2.05) is 30.3 Å². The molecule has 158 valence electrons. The molecule has 0 bridgehead atoms. The third kappa shape index (κ3) is 4.93. The predicted molar refractivity (Wildman–Crippen MR) is 110 cm³/mol. The summed E-state index contributed by atoms with van der Waals surface area (Å²) in [5.41, 5.74) is 5.74. The van der Waals surface area contributed by atoms with E-state index < -0.39 is 23.5 Å². The van der Waals surface area contributed by atoms with Crippen LogP contribution in [0.2, 0.25) is 5.02 Å². The molecular weight excluding hydrogens is 410 g/mol. The molecule has 3 aromatic rings. The fourth-order valence-electron chi connectivity index (χ4n) is 2.77. The van der Waals surface area contributed by atoms with Crippen LogP contribution in [0.1, 0.15) is 41.6 Å². The number of hydrogen-bond acceptors (Lipinski definition) is 6. The topological polar surface area (TPSA) is 132 Å². The lowest BCUT2D eigenvalue weighted by atomic mass is 10.1. The Kier molecular flexibility index (Phi) is 6.35. The molecular formula is C20H22ClN5O4. The summed E-state index contributed by atoms with van der Waals surface area (Å²) in [7, 11) is 0. The number of nitrogens with two attached hydrogens (primary N) is 1. The lowest BCUT2D eigenvalue weighted by molar-refractivity contribution is -0.126. The van der Waals surface area contributed by atoms with Gasteiger partial charge in [-0.2, -0.15) is 0 Å². The summed E-state index contributed by atoms with van der Waals surface area (Å²) in [5, 5.41) is 20.5. The summed E-state index contributed by atoms with van der Waals surface area (Å²) in [6.45, 7) is 3.53. The van der Waals surface area contributed by atoms with Crippen molar-refractivity contribution >= 4 is 29.1 Å². The van der Waals surface area contributed by atoms with Crippen molar-refractivity contribution in [2.75, 3.05) is 6.61 Å². The second-order valence-corrected chi connectivity index (χ2v) is 7.81. The molecule has 4 N–H and O–H groups in total. The van der Waals surface area contributed by atoms with Crippen LogP contribution in [0, 0.1) is 0 Å². The highest BCUT2D eigenvalue weighted by Crippen LogP contribution is 2.21. The van der Waals surface area contributed by atoms with Crippen molar-refractivity contribution in [3.8, 4) is 0 Å². The second-order valence-electron chi connectivity index (χ2n) is 7.38. The molecule has 9 nitrogen and oxygen atoms in total. The van der Waals surface area contributed by atoms with Gasteiger partial charge in [-0.05, 0) is 25.5 Å². The van der Waals surface area contributed by atoms with Crippen molar-refractivity contribution in [2.24, 2.45) is 5.73 Å². The molecule has 2 heterocycles. The SMILES string of the molecule is CC(C)(N)C(=O)N[C@H](COCc1ccccc1)c1nnc2c(C(=O)O)cc(Cl)cn12. The number of benzene rings is 1. The van der Waals surface area contributed by atoms with E-state index in [4.69, 9.17) is 22.1 Å². The maximum atomic E-state index is 12.5. The first-order valence-corrected chi connectivity index (χ1v) is 9.53. The standard InChI is InChI=1S/C20H22ClN5O4/c1-20(2,22)19(29)23-15(11-30-10-12-6-4-3-5-7-12)17-25-24-16-14(18(27)28)8-13(21)9-26(16)17/h3-9,15H,10-11,22H2,1-2H3,(H,23,29)(H,27,28)/t15-/m1/s1. The number of carboxylic acid groups (broad SMARTS) is 1. The van der Waals surface area contributed by atoms with Crippen LogP contribution in [-0.2, 0) is 16.1 Å². The van der Waals surface area contributed by atoms with Crippen molar-refractivity contribution in [1.29, 1.82) is 0 Å². The minimum absolute atomic E-state index is 0.0619. The van der Waals surface area contributed by atoms with Crippen LogP contribution in [-0.4, -0.2) is 43.7 Å². The Morgan fingerprint density at radius 2 is 2.00 bits per heavy atom. The van der Waals surface area contributed by atoms with Crippen LogP contribution in [0.25, 0.3) is 5.65 Å². The quantitative estimate of drug-likeness (QED) is 0.498. The summed E-state index contributed by atoms with van der Waals surface area (Å²) >= 11 is 6.09. The molecule has 0 fully saturated rings. The first-order chi connectivity index (χ1) is 14.2. The lowest BCUT2D eigenvalue weighted by Gasteiger charge is -2.23. The Bertz CT molecular complexity index is 1060. The number of carbonyl (C=O) groups is 2. The van der Waals surface area contributed by atoms with E-state index >= 15 is 0 Å². The van der Waals surface area contributed by atoms with Crippen LogP contribution in [0.5, 0.6) is 0 Å². The zero-order chi connectivity index (χ0) is 21.9. The number of aromatic carboxylic acids is 1. The highest BCUT2D eigenvalue weighted by molar-refractivity contribution is 6.31. The van der Waals surface area contributed by atoms with Crippen LogP contribution in [0.3, 0.4) is 0 Å². The molecule has 0 aliphatic rings. The van der Waals surface area contributed by atoms with Gasteiger partial charge in [-0.15, -0.1) is 10.2 Å². The number of nitrogens with zero attached hydrogens (tertiary/aromatic N) is 3. The van der Waals surface area contributed by atoms with Crippen LogP contribution in [0.15, 0.2) is 42.6 Å². The van der Waals surface area contributed by atoms with E-state index in [2.05, 4.69) is 15.5 Å². The third-order valence-electron chi connectivity index (χ3n) is 4.33. The fourth-order valence-corrected chi connectivity index (χ4v) is 2.97. The highest BCUT2D eigenvalue weighted by atomic mass is 35.5. The number of amides is 1. The summed E-state index contributed by atoms with van der Waals surface area (Å²) in [5.74, 6) is -1.33. The normalized spacial score (nSPS) is 12.7. The van der Waals surface area contributed by atoms with E-state index in [1.54, 1.807) is 13.8 Å². The second kappa shape index (κ2) is 8.78. The molecule has 0 radical (unpaired) electrons. The number of carbonyl (C=O) groups excluding carboxylic acids is 1. The minimum atomic E-state index is -1.19. The summed E-state index contributed by atoms with van der Waals surface area (Å²) in [6, 6.07) is 10.1.